The van der Waals surface area contributed by atoms with Gasteiger partial charge < -0.3 is 0 Å². The van der Waals surface area contributed by atoms with E-state index >= 15 is 0 Å². The van der Waals surface area contributed by atoms with Crippen molar-refractivity contribution in [2.75, 3.05) is 0 Å². The molecule has 14 heavy (non-hydrogen) atoms. The maximum atomic E-state index is 4.36. The van der Waals surface area contributed by atoms with E-state index in [-0.39, 0.29) is 0 Å². The number of aromatic nitrogens is 2. The lowest BCUT2D eigenvalue weighted by Crippen LogP contribution is -1.89. The summed E-state index contributed by atoms with van der Waals surface area (Å²) in [5.41, 5.74) is 3.42. The van der Waals surface area contributed by atoms with Crippen molar-refractivity contribution in [3.8, 4) is 11.1 Å². The molecule has 0 aliphatic heterocycles. The van der Waals surface area contributed by atoms with Crippen LogP contribution in [0.4, 0.5) is 0 Å². The van der Waals surface area contributed by atoms with Crippen LogP contribution in [-0.2, 0) is 7.05 Å². The summed E-state index contributed by atoms with van der Waals surface area (Å²) in [6.07, 6.45) is 0. The van der Waals surface area contributed by atoms with Crippen molar-refractivity contribution in [3.05, 3.63) is 40.6 Å². The minimum absolute atomic E-state index is 1.03. The Labute approximate surface area is 91.7 Å². The lowest BCUT2D eigenvalue weighted by molar-refractivity contribution is 0.740. The number of hydrogen-bond donors (Lipinski definition) is 0. The Kier molecular flexibility index (Phi) is 2.42. The quantitative estimate of drug-likeness (QED) is 0.761. The highest BCUT2D eigenvalue weighted by atomic mass is 79.9. The van der Waals surface area contributed by atoms with Gasteiger partial charge in [0.2, 0.25) is 0 Å². The first-order valence-electron chi connectivity index (χ1n) is 4.44. The first-order valence-corrected chi connectivity index (χ1v) is 5.24. The normalized spacial score (nSPS) is 10.5. The van der Waals surface area contributed by atoms with Gasteiger partial charge in [0, 0.05) is 12.6 Å². The third kappa shape index (κ3) is 1.48. The number of benzene rings is 1. The molecule has 1 heterocycles. The molecule has 0 saturated carbocycles. The second-order valence-corrected chi connectivity index (χ2v) is 3.99. The average Bonchev–Trinajstić information content (AvgIpc) is 2.43. The highest BCUT2D eigenvalue weighted by Gasteiger charge is 2.11. The van der Waals surface area contributed by atoms with E-state index in [1.54, 1.807) is 0 Å². The van der Waals surface area contributed by atoms with Crippen LogP contribution in [0.2, 0.25) is 0 Å². The van der Waals surface area contributed by atoms with Crippen LogP contribution < -0.4 is 0 Å². The van der Waals surface area contributed by atoms with E-state index in [0.29, 0.717) is 0 Å². The number of halogens is 1. The monoisotopic (exact) mass is 250 g/mol. The van der Waals surface area contributed by atoms with Crippen molar-refractivity contribution < 1.29 is 0 Å². The number of aryl methyl sites for hydroxylation is 2. The molecule has 72 valence electrons. The van der Waals surface area contributed by atoms with Crippen LogP contribution in [0.25, 0.3) is 11.1 Å². The molecule has 0 radical (unpaired) electrons. The Bertz CT molecular complexity index is 446. The fourth-order valence-corrected chi connectivity index (χ4v) is 2.16. The van der Waals surface area contributed by atoms with E-state index in [1.165, 1.54) is 11.1 Å². The van der Waals surface area contributed by atoms with Crippen LogP contribution >= 0.6 is 15.9 Å². The van der Waals surface area contributed by atoms with Crippen molar-refractivity contribution in [3.63, 3.8) is 0 Å². The van der Waals surface area contributed by atoms with Gasteiger partial charge in [0.15, 0.2) is 0 Å². The molecule has 0 fully saturated rings. The SMILES string of the molecule is Cc1nn(C)c(Br)c1-c1ccccc1. The summed E-state index contributed by atoms with van der Waals surface area (Å²) in [7, 11) is 1.93. The van der Waals surface area contributed by atoms with Crippen molar-refractivity contribution in [2.45, 2.75) is 6.92 Å². The summed E-state index contributed by atoms with van der Waals surface area (Å²) in [6.45, 7) is 2.02. The Morgan fingerprint density at radius 3 is 2.36 bits per heavy atom. The summed E-state index contributed by atoms with van der Waals surface area (Å²) < 4.78 is 2.87. The van der Waals surface area contributed by atoms with E-state index in [0.717, 1.165) is 10.3 Å². The topological polar surface area (TPSA) is 17.8 Å². The molecular weight excluding hydrogens is 240 g/mol. The van der Waals surface area contributed by atoms with E-state index in [4.69, 9.17) is 0 Å². The van der Waals surface area contributed by atoms with Crippen LogP contribution in [0.3, 0.4) is 0 Å². The van der Waals surface area contributed by atoms with Crippen molar-refractivity contribution in [2.24, 2.45) is 7.05 Å². The summed E-state index contributed by atoms with van der Waals surface area (Å²) in [4.78, 5) is 0. The van der Waals surface area contributed by atoms with Crippen LogP contribution in [-0.4, -0.2) is 9.78 Å². The molecule has 0 atom stereocenters. The van der Waals surface area contributed by atoms with Crippen molar-refractivity contribution >= 4 is 15.9 Å². The molecule has 3 heteroatoms. The van der Waals surface area contributed by atoms with Gasteiger partial charge in [-0.15, -0.1) is 0 Å². The number of nitrogens with zero attached hydrogens (tertiary/aromatic N) is 2. The summed E-state index contributed by atoms with van der Waals surface area (Å²) >= 11 is 3.54. The predicted octanol–water partition coefficient (Wildman–Crippen LogP) is 3.16. The van der Waals surface area contributed by atoms with Gasteiger partial charge in [0.1, 0.15) is 4.60 Å². The molecule has 2 aromatic rings. The Morgan fingerprint density at radius 1 is 1.21 bits per heavy atom. The molecule has 2 nitrogen and oxygen atoms in total. The fraction of sp³-hybridized carbons (Fsp3) is 0.182. The maximum absolute atomic E-state index is 4.36. The lowest BCUT2D eigenvalue weighted by atomic mass is 10.1. The van der Waals surface area contributed by atoms with Crippen molar-refractivity contribution in [1.29, 1.82) is 0 Å². The summed E-state index contributed by atoms with van der Waals surface area (Å²) in [5.74, 6) is 0. The molecular formula is C11H11BrN2. The van der Waals surface area contributed by atoms with Gasteiger partial charge in [-0.2, -0.15) is 5.10 Å². The Morgan fingerprint density at radius 2 is 1.86 bits per heavy atom. The van der Waals surface area contributed by atoms with Crippen molar-refractivity contribution in [1.82, 2.24) is 9.78 Å². The maximum Gasteiger partial charge on any atom is 0.111 e. The third-order valence-electron chi connectivity index (χ3n) is 2.21. The highest BCUT2D eigenvalue weighted by molar-refractivity contribution is 9.10. The van der Waals surface area contributed by atoms with Gasteiger partial charge in [0.05, 0.1) is 5.69 Å². The van der Waals surface area contributed by atoms with Gasteiger partial charge in [-0.3, -0.25) is 4.68 Å². The largest absolute Gasteiger partial charge is 0.261 e. The highest BCUT2D eigenvalue weighted by Crippen LogP contribution is 2.30. The molecule has 0 aliphatic rings. The molecule has 0 N–H and O–H groups in total. The van der Waals surface area contributed by atoms with E-state index in [9.17, 15) is 0 Å². The molecule has 0 unspecified atom stereocenters. The average molecular weight is 251 g/mol. The first-order chi connectivity index (χ1) is 6.70. The molecule has 0 spiro atoms. The van der Waals surface area contributed by atoms with Gasteiger partial charge in [-0.1, -0.05) is 30.3 Å². The van der Waals surface area contributed by atoms with E-state index in [1.807, 2.05) is 36.9 Å². The number of rotatable bonds is 1. The minimum atomic E-state index is 1.03. The molecule has 0 bridgehead atoms. The van der Waals surface area contributed by atoms with Gasteiger partial charge in [-0.25, -0.2) is 0 Å². The molecule has 1 aromatic carbocycles. The zero-order valence-electron chi connectivity index (χ0n) is 8.16. The van der Waals surface area contributed by atoms with E-state index < -0.39 is 0 Å². The summed E-state index contributed by atoms with van der Waals surface area (Å²) in [5, 5.41) is 4.36. The van der Waals surface area contributed by atoms with E-state index in [2.05, 4.69) is 33.2 Å². The zero-order valence-corrected chi connectivity index (χ0v) is 9.75. The van der Waals surface area contributed by atoms with Crippen LogP contribution in [0.15, 0.2) is 34.9 Å². The van der Waals surface area contributed by atoms with Crippen LogP contribution in [0, 0.1) is 6.92 Å². The third-order valence-corrected chi connectivity index (χ3v) is 3.12. The van der Waals surface area contributed by atoms with Crippen LogP contribution in [0.5, 0.6) is 0 Å². The molecule has 0 amide bonds. The van der Waals surface area contributed by atoms with Crippen LogP contribution in [0.1, 0.15) is 5.69 Å². The molecule has 1 aromatic heterocycles. The fourth-order valence-electron chi connectivity index (χ4n) is 1.56. The lowest BCUT2D eigenvalue weighted by Gasteiger charge is -1.99. The van der Waals surface area contributed by atoms with Gasteiger partial charge >= 0.3 is 0 Å². The molecule has 0 saturated heterocycles. The minimum Gasteiger partial charge on any atom is -0.261 e. The van der Waals surface area contributed by atoms with Gasteiger partial charge in [-0.05, 0) is 28.4 Å². The second kappa shape index (κ2) is 3.58. The molecule has 2 rings (SSSR count). The van der Waals surface area contributed by atoms with Gasteiger partial charge in [0.25, 0.3) is 0 Å². The number of hydrogen-bond acceptors (Lipinski definition) is 1. The Balaban J connectivity index is 2.62. The predicted molar refractivity (Wildman–Crippen MR) is 61.1 cm³/mol. The smallest absolute Gasteiger partial charge is 0.111 e. The second-order valence-electron chi connectivity index (χ2n) is 3.24. The standard InChI is InChI=1S/C11H11BrN2/c1-8-10(11(12)14(2)13-8)9-6-4-3-5-7-9/h3-7H,1-2H3. The molecule has 0 aliphatic carbocycles. The Hall–Kier alpha value is -1.09. The first kappa shape index (κ1) is 9.46. The zero-order chi connectivity index (χ0) is 10.1. The summed E-state index contributed by atoms with van der Waals surface area (Å²) in [6, 6.07) is 10.3.